The van der Waals surface area contributed by atoms with E-state index in [4.69, 9.17) is 0 Å². The minimum absolute atomic E-state index is 0.754. The van der Waals surface area contributed by atoms with Crippen LogP contribution in [0.15, 0.2) is 42.5 Å². The zero-order valence-electron chi connectivity index (χ0n) is 9.94. The summed E-state index contributed by atoms with van der Waals surface area (Å²) >= 11 is 0. The van der Waals surface area contributed by atoms with Crippen molar-refractivity contribution in [3.8, 4) is 6.07 Å². The molecule has 4 rings (SSSR count). The zero-order valence-corrected chi connectivity index (χ0v) is 9.94. The van der Waals surface area contributed by atoms with Gasteiger partial charge in [0.1, 0.15) is 6.07 Å². The van der Waals surface area contributed by atoms with Gasteiger partial charge in [0.2, 0.25) is 0 Å². The Labute approximate surface area is 104 Å². The van der Waals surface area contributed by atoms with Crippen LogP contribution in [0.25, 0.3) is 27.3 Å². The third-order valence-electron chi connectivity index (χ3n) is 3.61. The molecule has 0 bridgehead atoms. The van der Waals surface area contributed by atoms with E-state index in [9.17, 15) is 5.26 Å². The summed E-state index contributed by atoms with van der Waals surface area (Å²) in [6, 6.07) is 16.9. The molecule has 84 valence electrons. The SMILES string of the molecule is Cc1cc2c(C#N)cc3c4ccccc4c(c1)n23. The topological polar surface area (TPSA) is 28.2 Å². The normalized spacial score (nSPS) is 11.6. The van der Waals surface area contributed by atoms with Gasteiger partial charge in [-0.25, -0.2) is 0 Å². The Morgan fingerprint density at radius 1 is 0.944 bits per heavy atom. The maximum absolute atomic E-state index is 9.24. The van der Waals surface area contributed by atoms with E-state index in [2.05, 4.69) is 47.7 Å². The lowest BCUT2D eigenvalue weighted by Crippen LogP contribution is -1.85. The highest BCUT2D eigenvalue weighted by molar-refractivity contribution is 6.11. The van der Waals surface area contributed by atoms with Crippen LogP contribution in [0.1, 0.15) is 11.1 Å². The van der Waals surface area contributed by atoms with Gasteiger partial charge in [-0.15, -0.1) is 0 Å². The van der Waals surface area contributed by atoms with Gasteiger partial charge in [-0.1, -0.05) is 24.3 Å². The van der Waals surface area contributed by atoms with Crippen molar-refractivity contribution >= 4 is 27.3 Å². The van der Waals surface area contributed by atoms with Gasteiger partial charge in [0.15, 0.2) is 0 Å². The minimum Gasteiger partial charge on any atom is -0.308 e. The first-order valence-corrected chi connectivity index (χ1v) is 5.95. The van der Waals surface area contributed by atoms with Crippen molar-refractivity contribution < 1.29 is 0 Å². The van der Waals surface area contributed by atoms with Crippen LogP contribution >= 0.6 is 0 Å². The highest BCUT2D eigenvalue weighted by atomic mass is 14.9. The van der Waals surface area contributed by atoms with E-state index in [1.165, 1.54) is 21.9 Å². The van der Waals surface area contributed by atoms with Gasteiger partial charge in [-0.05, 0) is 30.7 Å². The average Bonchev–Trinajstić information content (AvgIpc) is 2.90. The molecule has 1 aromatic carbocycles. The maximum atomic E-state index is 9.24. The van der Waals surface area contributed by atoms with Crippen molar-refractivity contribution in [2.75, 3.05) is 0 Å². The lowest BCUT2D eigenvalue weighted by atomic mass is 10.1. The molecule has 0 unspecified atom stereocenters. The van der Waals surface area contributed by atoms with Crippen molar-refractivity contribution in [2.24, 2.45) is 0 Å². The van der Waals surface area contributed by atoms with Crippen LogP contribution < -0.4 is 0 Å². The summed E-state index contributed by atoms with van der Waals surface area (Å²) in [6.45, 7) is 2.07. The Morgan fingerprint density at radius 3 is 2.22 bits per heavy atom. The smallest absolute Gasteiger partial charge is 0.101 e. The first kappa shape index (κ1) is 9.49. The Morgan fingerprint density at radius 2 is 1.56 bits per heavy atom. The second-order valence-electron chi connectivity index (χ2n) is 4.74. The van der Waals surface area contributed by atoms with Crippen LogP contribution in [0.3, 0.4) is 0 Å². The van der Waals surface area contributed by atoms with Crippen LogP contribution in [0, 0.1) is 18.3 Å². The highest BCUT2D eigenvalue weighted by Gasteiger charge is 2.14. The maximum Gasteiger partial charge on any atom is 0.101 e. The van der Waals surface area contributed by atoms with Crippen LogP contribution in [0.5, 0.6) is 0 Å². The van der Waals surface area contributed by atoms with E-state index in [0.29, 0.717) is 0 Å². The third kappa shape index (κ3) is 0.970. The fourth-order valence-corrected chi connectivity index (χ4v) is 2.88. The quantitative estimate of drug-likeness (QED) is 0.450. The summed E-state index contributed by atoms with van der Waals surface area (Å²) in [5.74, 6) is 0. The van der Waals surface area contributed by atoms with Gasteiger partial charge >= 0.3 is 0 Å². The van der Waals surface area contributed by atoms with Gasteiger partial charge in [0, 0.05) is 10.8 Å². The fourth-order valence-electron chi connectivity index (χ4n) is 2.88. The van der Waals surface area contributed by atoms with Crippen molar-refractivity contribution in [2.45, 2.75) is 6.92 Å². The molecule has 0 saturated carbocycles. The van der Waals surface area contributed by atoms with Gasteiger partial charge in [-0.3, -0.25) is 0 Å². The summed E-state index contributed by atoms with van der Waals surface area (Å²) in [5, 5.41) is 11.7. The predicted octanol–water partition coefficient (Wildman–Crippen LogP) is 3.86. The molecule has 0 atom stereocenters. The first-order chi connectivity index (χ1) is 8.79. The lowest BCUT2D eigenvalue weighted by Gasteiger charge is -2.00. The monoisotopic (exact) mass is 230 g/mol. The van der Waals surface area contributed by atoms with Crippen LogP contribution in [-0.4, -0.2) is 4.40 Å². The number of aromatic nitrogens is 1. The number of benzene rings is 1. The largest absolute Gasteiger partial charge is 0.308 e. The molecule has 18 heavy (non-hydrogen) atoms. The molecule has 4 aromatic rings. The number of nitrogens with zero attached hydrogens (tertiary/aromatic N) is 2. The Balaban J connectivity index is 2.45. The molecule has 3 aromatic heterocycles. The van der Waals surface area contributed by atoms with E-state index in [1.54, 1.807) is 0 Å². The lowest BCUT2D eigenvalue weighted by molar-refractivity contribution is 1.32. The molecule has 0 fully saturated rings. The van der Waals surface area contributed by atoms with E-state index in [1.807, 2.05) is 12.1 Å². The molecule has 0 aliphatic heterocycles. The van der Waals surface area contributed by atoms with Gasteiger partial charge in [0.25, 0.3) is 0 Å². The first-order valence-electron chi connectivity index (χ1n) is 5.95. The van der Waals surface area contributed by atoms with E-state index in [-0.39, 0.29) is 0 Å². The Bertz CT molecular complexity index is 938. The molecular formula is C16H10N2. The van der Waals surface area contributed by atoms with E-state index >= 15 is 0 Å². The molecule has 3 heterocycles. The molecule has 0 saturated heterocycles. The number of nitriles is 1. The summed E-state index contributed by atoms with van der Waals surface area (Å²) < 4.78 is 2.19. The van der Waals surface area contributed by atoms with Crippen LogP contribution in [0.2, 0.25) is 0 Å². The summed E-state index contributed by atoms with van der Waals surface area (Å²) in [4.78, 5) is 0. The number of pyridine rings is 1. The summed E-state index contributed by atoms with van der Waals surface area (Å²) in [5.41, 5.74) is 5.28. The standard InChI is InChI=1S/C16H10N2/c1-10-6-14-11(9-17)8-16-13-5-3-2-4-12(13)15(7-10)18(14)16/h2-8H,1H3. The minimum atomic E-state index is 0.754. The van der Waals surface area contributed by atoms with E-state index < -0.39 is 0 Å². The number of fused-ring (bicyclic) bond motifs is 3. The van der Waals surface area contributed by atoms with Crippen molar-refractivity contribution in [1.82, 2.24) is 4.40 Å². The molecule has 2 nitrogen and oxygen atoms in total. The molecule has 2 heteroatoms. The molecular weight excluding hydrogens is 220 g/mol. The summed E-state index contributed by atoms with van der Waals surface area (Å²) in [7, 11) is 0. The second-order valence-corrected chi connectivity index (χ2v) is 4.74. The Kier molecular flexibility index (Phi) is 1.59. The molecule has 0 radical (unpaired) electrons. The zero-order chi connectivity index (χ0) is 12.3. The molecule has 0 N–H and O–H groups in total. The number of aryl methyl sites for hydroxylation is 1. The second kappa shape index (κ2) is 3.02. The number of hydrogen-bond acceptors (Lipinski definition) is 1. The third-order valence-corrected chi connectivity index (χ3v) is 3.61. The van der Waals surface area contributed by atoms with E-state index in [0.717, 1.165) is 16.6 Å². The van der Waals surface area contributed by atoms with Gasteiger partial charge in [0.05, 0.1) is 22.1 Å². The number of rotatable bonds is 0. The average molecular weight is 230 g/mol. The molecule has 0 amide bonds. The highest BCUT2D eigenvalue weighted by Crippen LogP contribution is 2.33. The van der Waals surface area contributed by atoms with Crippen molar-refractivity contribution in [3.63, 3.8) is 0 Å². The Hall–Kier alpha value is -2.53. The predicted molar refractivity (Wildman–Crippen MR) is 73.0 cm³/mol. The van der Waals surface area contributed by atoms with Crippen molar-refractivity contribution in [1.29, 1.82) is 5.26 Å². The van der Waals surface area contributed by atoms with Gasteiger partial charge in [-0.2, -0.15) is 5.26 Å². The van der Waals surface area contributed by atoms with Gasteiger partial charge < -0.3 is 4.40 Å². The molecule has 0 spiro atoms. The van der Waals surface area contributed by atoms with Crippen LogP contribution in [-0.2, 0) is 0 Å². The number of hydrogen-bond donors (Lipinski definition) is 0. The molecule has 0 aliphatic rings. The molecule has 0 aliphatic carbocycles. The van der Waals surface area contributed by atoms with Crippen molar-refractivity contribution in [3.05, 3.63) is 53.6 Å². The summed E-state index contributed by atoms with van der Waals surface area (Å²) in [6.07, 6.45) is 0. The van der Waals surface area contributed by atoms with Crippen LogP contribution in [0.4, 0.5) is 0 Å². The fraction of sp³-hybridized carbons (Fsp3) is 0.0625.